The van der Waals surface area contributed by atoms with Crippen LogP contribution in [0.4, 0.5) is 5.13 Å². The molecule has 26 heavy (non-hydrogen) atoms. The summed E-state index contributed by atoms with van der Waals surface area (Å²) >= 11 is 1.16. The van der Waals surface area contributed by atoms with Crippen molar-refractivity contribution in [2.45, 2.75) is 6.92 Å². The number of hydrogen-bond donors (Lipinski definition) is 1. The smallest absolute Gasteiger partial charge is 0.357 e. The monoisotopic (exact) mass is 368 g/mol. The van der Waals surface area contributed by atoms with Crippen molar-refractivity contribution in [3.63, 3.8) is 0 Å². The van der Waals surface area contributed by atoms with Gasteiger partial charge in [0.15, 0.2) is 10.8 Å². The number of carbonyl (C=O) groups is 2. The van der Waals surface area contributed by atoms with Gasteiger partial charge in [0.1, 0.15) is 0 Å². The first-order chi connectivity index (χ1) is 12.7. The summed E-state index contributed by atoms with van der Waals surface area (Å²) in [7, 11) is 0. The van der Waals surface area contributed by atoms with Crippen LogP contribution in [0.25, 0.3) is 11.8 Å². The quantitative estimate of drug-likeness (QED) is 0.533. The Hall–Kier alpha value is -3.26. The highest BCUT2D eigenvalue weighted by molar-refractivity contribution is 7.14. The topological polar surface area (TPSA) is 86.1 Å². The second-order valence-electron chi connectivity index (χ2n) is 5.13. The summed E-state index contributed by atoms with van der Waals surface area (Å²) in [5.41, 5.74) is 1.90. The lowest BCUT2D eigenvalue weighted by atomic mass is 10.3. The lowest BCUT2D eigenvalue weighted by Gasteiger charge is -1.98. The Morgan fingerprint density at radius 1 is 1.31 bits per heavy atom. The molecule has 132 valence electrons. The Kier molecular flexibility index (Phi) is 5.55. The highest BCUT2D eigenvalue weighted by Crippen LogP contribution is 2.16. The average molecular weight is 368 g/mol. The first-order valence-electron chi connectivity index (χ1n) is 7.87. The lowest BCUT2D eigenvalue weighted by molar-refractivity contribution is -0.111. The van der Waals surface area contributed by atoms with Gasteiger partial charge < -0.3 is 4.74 Å². The minimum Gasteiger partial charge on any atom is -0.461 e. The van der Waals surface area contributed by atoms with Crippen molar-refractivity contribution in [3.8, 4) is 5.69 Å². The summed E-state index contributed by atoms with van der Waals surface area (Å²) in [6.07, 6.45) is 6.53. The second kappa shape index (κ2) is 8.21. The summed E-state index contributed by atoms with van der Waals surface area (Å²) in [4.78, 5) is 27.6. The summed E-state index contributed by atoms with van der Waals surface area (Å²) < 4.78 is 6.59. The van der Waals surface area contributed by atoms with Crippen LogP contribution in [-0.4, -0.2) is 33.2 Å². The van der Waals surface area contributed by atoms with Crippen LogP contribution in [0.1, 0.15) is 23.0 Å². The molecule has 3 aromatic rings. The zero-order valence-corrected chi connectivity index (χ0v) is 14.8. The maximum Gasteiger partial charge on any atom is 0.357 e. The lowest BCUT2D eigenvalue weighted by Crippen LogP contribution is -2.09. The predicted octanol–water partition coefficient (Wildman–Crippen LogP) is 3.16. The SMILES string of the molecule is CCOC(=O)c1csc(NC(=O)/C=C/c2cnn(-c3ccccc3)c2)n1. The Bertz CT molecular complexity index is 931. The third kappa shape index (κ3) is 4.42. The van der Waals surface area contributed by atoms with Gasteiger partial charge in [-0.05, 0) is 25.1 Å². The number of para-hydroxylation sites is 1. The van der Waals surface area contributed by atoms with Crippen LogP contribution in [-0.2, 0) is 9.53 Å². The summed E-state index contributed by atoms with van der Waals surface area (Å²) in [5.74, 6) is -0.852. The van der Waals surface area contributed by atoms with Gasteiger partial charge in [0.2, 0.25) is 5.91 Å². The normalized spacial score (nSPS) is 10.8. The van der Waals surface area contributed by atoms with E-state index in [9.17, 15) is 9.59 Å². The van der Waals surface area contributed by atoms with Crippen LogP contribution in [0.2, 0.25) is 0 Å². The van der Waals surface area contributed by atoms with E-state index in [1.54, 1.807) is 29.3 Å². The number of rotatable bonds is 6. The van der Waals surface area contributed by atoms with Gasteiger partial charge in [-0.1, -0.05) is 18.2 Å². The fraction of sp³-hybridized carbons (Fsp3) is 0.111. The number of ether oxygens (including phenoxy) is 1. The van der Waals surface area contributed by atoms with Gasteiger partial charge in [0.05, 0.1) is 18.5 Å². The molecule has 0 radical (unpaired) electrons. The summed E-state index contributed by atoms with van der Waals surface area (Å²) in [5, 5.41) is 8.75. The first-order valence-corrected chi connectivity index (χ1v) is 8.75. The highest BCUT2D eigenvalue weighted by atomic mass is 32.1. The van der Waals surface area contributed by atoms with Gasteiger partial charge in [0, 0.05) is 23.2 Å². The first kappa shape index (κ1) is 17.6. The van der Waals surface area contributed by atoms with E-state index in [4.69, 9.17) is 4.74 Å². The summed E-state index contributed by atoms with van der Waals surface area (Å²) in [6, 6.07) is 9.68. The molecule has 0 saturated heterocycles. The van der Waals surface area contributed by atoms with Crippen molar-refractivity contribution >= 4 is 34.4 Å². The molecule has 0 aliphatic carbocycles. The second-order valence-corrected chi connectivity index (χ2v) is 5.99. The molecule has 0 unspecified atom stereocenters. The van der Waals surface area contributed by atoms with Crippen molar-refractivity contribution < 1.29 is 14.3 Å². The van der Waals surface area contributed by atoms with E-state index in [2.05, 4.69) is 15.4 Å². The van der Waals surface area contributed by atoms with Crippen molar-refractivity contribution in [3.05, 3.63) is 65.4 Å². The minimum absolute atomic E-state index is 0.181. The number of amides is 1. The molecule has 8 heteroatoms. The zero-order valence-electron chi connectivity index (χ0n) is 14.0. The average Bonchev–Trinajstić information content (AvgIpc) is 3.30. The maximum atomic E-state index is 12.0. The van der Waals surface area contributed by atoms with Gasteiger partial charge >= 0.3 is 5.97 Å². The van der Waals surface area contributed by atoms with Crippen LogP contribution in [0.5, 0.6) is 0 Å². The number of hydrogen-bond acceptors (Lipinski definition) is 6. The number of aromatic nitrogens is 3. The van der Waals surface area contributed by atoms with E-state index in [0.29, 0.717) is 5.13 Å². The molecule has 0 saturated carbocycles. The van der Waals surface area contributed by atoms with E-state index in [-0.39, 0.29) is 18.2 Å². The molecule has 1 amide bonds. The van der Waals surface area contributed by atoms with Gasteiger partial charge in [-0.2, -0.15) is 5.10 Å². The number of esters is 1. The Labute approximate surface area is 153 Å². The molecule has 2 aromatic heterocycles. The van der Waals surface area contributed by atoms with E-state index in [1.165, 1.54) is 6.08 Å². The van der Waals surface area contributed by atoms with Gasteiger partial charge in [-0.15, -0.1) is 11.3 Å². The molecule has 0 aliphatic rings. The van der Waals surface area contributed by atoms with E-state index < -0.39 is 5.97 Å². The Morgan fingerprint density at radius 2 is 2.12 bits per heavy atom. The van der Waals surface area contributed by atoms with Crippen molar-refractivity contribution in [1.82, 2.24) is 14.8 Å². The molecule has 0 bridgehead atoms. The molecule has 3 rings (SSSR count). The van der Waals surface area contributed by atoms with Crippen LogP contribution in [0.15, 0.2) is 54.2 Å². The van der Waals surface area contributed by atoms with Crippen LogP contribution < -0.4 is 5.32 Å². The third-order valence-corrected chi connectivity index (χ3v) is 4.03. The van der Waals surface area contributed by atoms with Crippen LogP contribution >= 0.6 is 11.3 Å². The number of thiazole rings is 1. The van der Waals surface area contributed by atoms with Crippen molar-refractivity contribution in [2.24, 2.45) is 0 Å². The predicted molar refractivity (Wildman–Crippen MR) is 99.3 cm³/mol. The maximum absolute atomic E-state index is 12.0. The van der Waals surface area contributed by atoms with Crippen LogP contribution in [0.3, 0.4) is 0 Å². The van der Waals surface area contributed by atoms with Crippen molar-refractivity contribution in [1.29, 1.82) is 0 Å². The molecule has 7 nitrogen and oxygen atoms in total. The van der Waals surface area contributed by atoms with Crippen molar-refractivity contribution in [2.75, 3.05) is 11.9 Å². The molecule has 0 atom stereocenters. The van der Waals surface area contributed by atoms with E-state index in [1.807, 2.05) is 36.5 Å². The third-order valence-electron chi connectivity index (χ3n) is 3.27. The fourth-order valence-electron chi connectivity index (χ4n) is 2.09. The molecule has 0 spiro atoms. The summed E-state index contributed by atoms with van der Waals surface area (Å²) in [6.45, 7) is 2.00. The highest BCUT2D eigenvalue weighted by Gasteiger charge is 2.12. The number of anilines is 1. The number of nitrogens with one attached hydrogen (secondary N) is 1. The number of nitrogens with zero attached hydrogens (tertiary/aromatic N) is 3. The molecule has 0 aliphatic heterocycles. The number of benzene rings is 1. The zero-order chi connectivity index (χ0) is 18.4. The Morgan fingerprint density at radius 3 is 2.88 bits per heavy atom. The minimum atomic E-state index is -0.506. The fourth-order valence-corrected chi connectivity index (χ4v) is 2.78. The Balaban J connectivity index is 1.60. The largest absolute Gasteiger partial charge is 0.461 e. The molecule has 2 heterocycles. The van der Waals surface area contributed by atoms with Crippen LogP contribution in [0, 0.1) is 0 Å². The number of carbonyl (C=O) groups excluding carboxylic acids is 2. The molecular formula is C18H16N4O3S. The van der Waals surface area contributed by atoms with E-state index in [0.717, 1.165) is 22.6 Å². The van der Waals surface area contributed by atoms with Gasteiger partial charge in [-0.25, -0.2) is 14.5 Å². The molecule has 1 aromatic carbocycles. The molecule has 1 N–H and O–H groups in total. The van der Waals surface area contributed by atoms with E-state index >= 15 is 0 Å². The molecule has 0 fully saturated rings. The standard InChI is InChI=1S/C18H16N4O3S/c1-2-25-17(24)15-12-26-18(20-15)21-16(23)9-8-13-10-19-22(11-13)14-6-4-3-5-7-14/h3-12H,2H2,1H3,(H,20,21,23)/b9-8+. The van der Waals surface area contributed by atoms with Gasteiger partial charge in [0.25, 0.3) is 0 Å². The molecular weight excluding hydrogens is 352 g/mol. The van der Waals surface area contributed by atoms with Gasteiger partial charge in [-0.3, -0.25) is 10.1 Å².